The second kappa shape index (κ2) is 4.41. The molecule has 1 aliphatic rings. The zero-order chi connectivity index (χ0) is 11.7. The Morgan fingerprint density at radius 3 is 2.88 bits per heavy atom. The number of carbonyl (C=O) groups is 1. The summed E-state index contributed by atoms with van der Waals surface area (Å²) >= 11 is 3.09. The summed E-state index contributed by atoms with van der Waals surface area (Å²) in [6.45, 7) is 0.746. The summed E-state index contributed by atoms with van der Waals surface area (Å²) in [5.41, 5.74) is 0.634. The molecule has 0 aromatic heterocycles. The van der Waals surface area contributed by atoms with Gasteiger partial charge in [0.2, 0.25) is 5.91 Å². The van der Waals surface area contributed by atoms with Crippen molar-refractivity contribution in [1.82, 2.24) is 4.90 Å². The molecule has 1 fully saturated rings. The molecule has 1 heterocycles. The Labute approximate surface area is 102 Å². The highest BCUT2D eigenvalue weighted by Crippen LogP contribution is 2.21. The second-order valence-corrected chi connectivity index (χ2v) is 4.73. The number of likely N-dealkylation sites (tertiary alicyclic amines) is 1. The fourth-order valence-electron chi connectivity index (χ4n) is 1.74. The number of halogens is 2. The lowest BCUT2D eigenvalue weighted by atomic mass is 10.2. The molecule has 1 amide bonds. The molecule has 0 bridgehead atoms. The molecule has 2 rings (SSSR count). The maximum atomic E-state index is 13.2. The Kier molecular flexibility index (Phi) is 3.14. The van der Waals surface area contributed by atoms with Crippen molar-refractivity contribution in [3.63, 3.8) is 0 Å². The summed E-state index contributed by atoms with van der Waals surface area (Å²) in [6, 6.07) is 4.53. The van der Waals surface area contributed by atoms with Gasteiger partial charge in [0.15, 0.2) is 0 Å². The average Bonchev–Trinajstić information content (AvgIpc) is 2.55. The van der Waals surface area contributed by atoms with E-state index < -0.39 is 0 Å². The van der Waals surface area contributed by atoms with Crippen molar-refractivity contribution in [2.24, 2.45) is 0 Å². The van der Waals surface area contributed by atoms with Gasteiger partial charge in [-0.3, -0.25) is 4.79 Å². The number of likely N-dealkylation sites (N-methyl/N-ethyl adjacent to an activating group) is 1. The van der Waals surface area contributed by atoms with Gasteiger partial charge in [0, 0.05) is 19.3 Å². The van der Waals surface area contributed by atoms with Crippen LogP contribution in [0.25, 0.3) is 0 Å². The number of amides is 1. The predicted molar refractivity (Wildman–Crippen MR) is 63.8 cm³/mol. The largest absolute Gasteiger partial charge is 0.374 e. The van der Waals surface area contributed by atoms with E-state index >= 15 is 0 Å². The van der Waals surface area contributed by atoms with Crippen LogP contribution in [0.3, 0.4) is 0 Å². The van der Waals surface area contributed by atoms with Crippen LogP contribution in [-0.4, -0.2) is 30.4 Å². The van der Waals surface area contributed by atoms with E-state index in [9.17, 15) is 9.18 Å². The Morgan fingerprint density at radius 2 is 2.31 bits per heavy atom. The normalized spacial score (nSPS) is 20.3. The van der Waals surface area contributed by atoms with Gasteiger partial charge in [-0.2, -0.15) is 0 Å². The monoisotopic (exact) mass is 286 g/mol. The number of rotatable bonds is 2. The van der Waals surface area contributed by atoms with E-state index in [-0.39, 0.29) is 17.8 Å². The first kappa shape index (κ1) is 11.4. The summed E-state index contributed by atoms with van der Waals surface area (Å²) in [5, 5.41) is 3.04. The summed E-state index contributed by atoms with van der Waals surface area (Å²) < 4.78 is 13.7. The highest BCUT2D eigenvalue weighted by atomic mass is 79.9. The van der Waals surface area contributed by atoms with E-state index in [4.69, 9.17) is 0 Å². The molecular formula is C11H12BrFN2O. The maximum absolute atomic E-state index is 13.2. The van der Waals surface area contributed by atoms with Crippen molar-refractivity contribution in [2.75, 3.05) is 18.9 Å². The highest BCUT2D eigenvalue weighted by molar-refractivity contribution is 9.10. The fourth-order valence-corrected chi connectivity index (χ4v) is 1.99. The van der Waals surface area contributed by atoms with Gasteiger partial charge in [-0.25, -0.2) is 4.39 Å². The van der Waals surface area contributed by atoms with Gasteiger partial charge in [0.25, 0.3) is 0 Å². The molecular weight excluding hydrogens is 275 g/mol. The SMILES string of the molecule is CN1CCC(Nc2ccc(Br)c(F)c2)C1=O. The van der Waals surface area contributed by atoms with E-state index in [1.807, 2.05) is 0 Å². The standard InChI is InChI=1S/C11H12BrFN2O/c1-15-5-4-10(11(15)16)14-7-2-3-8(12)9(13)6-7/h2-3,6,10,14H,4-5H2,1H3. The molecule has 0 saturated carbocycles. The molecule has 1 aliphatic heterocycles. The van der Waals surface area contributed by atoms with E-state index in [1.54, 1.807) is 24.1 Å². The van der Waals surface area contributed by atoms with E-state index in [0.717, 1.165) is 13.0 Å². The quantitative estimate of drug-likeness (QED) is 0.904. The number of hydrogen-bond acceptors (Lipinski definition) is 2. The minimum Gasteiger partial charge on any atom is -0.374 e. The minimum absolute atomic E-state index is 0.0586. The Bertz CT molecular complexity index is 424. The molecule has 1 aromatic carbocycles. The van der Waals surface area contributed by atoms with Crippen molar-refractivity contribution in [3.05, 3.63) is 28.5 Å². The molecule has 86 valence electrons. The summed E-state index contributed by atoms with van der Waals surface area (Å²) in [7, 11) is 1.77. The van der Waals surface area contributed by atoms with Crippen LogP contribution in [0.1, 0.15) is 6.42 Å². The first-order valence-electron chi connectivity index (χ1n) is 5.04. The lowest BCUT2D eigenvalue weighted by molar-refractivity contribution is -0.127. The Morgan fingerprint density at radius 1 is 1.56 bits per heavy atom. The number of carbonyl (C=O) groups excluding carboxylic acids is 1. The number of hydrogen-bond donors (Lipinski definition) is 1. The molecule has 1 atom stereocenters. The van der Waals surface area contributed by atoms with Crippen LogP contribution in [-0.2, 0) is 4.79 Å². The van der Waals surface area contributed by atoms with Gasteiger partial charge < -0.3 is 10.2 Å². The molecule has 3 nitrogen and oxygen atoms in total. The highest BCUT2D eigenvalue weighted by Gasteiger charge is 2.28. The Hall–Kier alpha value is -1.10. The Balaban J connectivity index is 2.10. The lowest BCUT2D eigenvalue weighted by Crippen LogP contribution is -2.30. The van der Waals surface area contributed by atoms with Crippen LogP contribution in [0.15, 0.2) is 22.7 Å². The van der Waals surface area contributed by atoms with Crippen LogP contribution in [0.4, 0.5) is 10.1 Å². The van der Waals surface area contributed by atoms with Gasteiger partial charge in [-0.05, 0) is 40.5 Å². The van der Waals surface area contributed by atoms with Gasteiger partial charge in [-0.1, -0.05) is 0 Å². The van der Waals surface area contributed by atoms with Crippen molar-refractivity contribution in [1.29, 1.82) is 0 Å². The smallest absolute Gasteiger partial charge is 0.244 e. The average molecular weight is 287 g/mol. The zero-order valence-electron chi connectivity index (χ0n) is 8.84. The number of nitrogens with one attached hydrogen (secondary N) is 1. The van der Waals surface area contributed by atoms with Gasteiger partial charge >= 0.3 is 0 Å². The van der Waals surface area contributed by atoms with Crippen LogP contribution >= 0.6 is 15.9 Å². The van der Waals surface area contributed by atoms with Crippen LogP contribution in [0.5, 0.6) is 0 Å². The fraction of sp³-hybridized carbons (Fsp3) is 0.364. The molecule has 0 spiro atoms. The van der Waals surface area contributed by atoms with Gasteiger partial charge in [0.1, 0.15) is 11.9 Å². The molecule has 1 unspecified atom stereocenters. The van der Waals surface area contributed by atoms with E-state index in [1.165, 1.54) is 6.07 Å². The van der Waals surface area contributed by atoms with Crippen molar-refractivity contribution in [2.45, 2.75) is 12.5 Å². The van der Waals surface area contributed by atoms with Crippen LogP contribution in [0.2, 0.25) is 0 Å². The van der Waals surface area contributed by atoms with Crippen molar-refractivity contribution < 1.29 is 9.18 Å². The summed E-state index contributed by atoms with van der Waals surface area (Å²) in [5.74, 6) is -0.271. The molecule has 16 heavy (non-hydrogen) atoms. The number of anilines is 1. The first-order valence-corrected chi connectivity index (χ1v) is 5.84. The third kappa shape index (κ3) is 2.19. The molecule has 1 saturated heterocycles. The molecule has 0 aliphatic carbocycles. The summed E-state index contributed by atoms with van der Waals surface area (Å²) in [4.78, 5) is 13.3. The van der Waals surface area contributed by atoms with Crippen molar-refractivity contribution in [3.8, 4) is 0 Å². The third-order valence-corrected chi connectivity index (χ3v) is 3.33. The number of nitrogens with zero attached hydrogens (tertiary/aromatic N) is 1. The topological polar surface area (TPSA) is 32.3 Å². The van der Waals surface area contributed by atoms with E-state index in [0.29, 0.717) is 10.2 Å². The molecule has 0 radical (unpaired) electrons. The summed E-state index contributed by atoms with van der Waals surface area (Å²) in [6.07, 6.45) is 0.757. The maximum Gasteiger partial charge on any atom is 0.244 e. The van der Waals surface area contributed by atoms with Crippen molar-refractivity contribution >= 4 is 27.5 Å². The van der Waals surface area contributed by atoms with E-state index in [2.05, 4.69) is 21.2 Å². The zero-order valence-corrected chi connectivity index (χ0v) is 10.4. The van der Waals surface area contributed by atoms with Gasteiger partial charge in [-0.15, -0.1) is 0 Å². The second-order valence-electron chi connectivity index (χ2n) is 3.87. The predicted octanol–water partition coefficient (Wildman–Crippen LogP) is 2.23. The van der Waals surface area contributed by atoms with Crippen LogP contribution in [0, 0.1) is 5.82 Å². The molecule has 1 aromatic rings. The third-order valence-electron chi connectivity index (χ3n) is 2.69. The molecule has 1 N–H and O–H groups in total. The van der Waals surface area contributed by atoms with Gasteiger partial charge in [0.05, 0.1) is 4.47 Å². The first-order chi connectivity index (χ1) is 7.58. The molecule has 5 heteroatoms. The minimum atomic E-state index is -0.330. The lowest BCUT2D eigenvalue weighted by Gasteiger charge is -2.13. The number of benzene rings is 1. The van der Waals surface area contributed by atoms with Crippen LogP contribution < -0.4 is 5.32 Å².